The number of fused-ring (bicyclic) bond motifs is 1. The van der Waals surface area contributed by atoms with Crippen molar-refractivity contribution >= 4 is 29.4 Å². The number of ether oxygens (including phenoxy) is 1. The highest BCUT2D eigenvalue weighted by molar-refractivity contribution is 6.28. The highest BCUT2D eigenvalue weighted by Gasteiger charge is 2.52. The highest BCUT2D eigenvalue weighted by Crippen LogP contribution is 2.47. The number of carbonyl (C=O) groups is 1. The van der Waals surface area contributed by atoms with Gasteiger partial charge >= 0.3 is 0 Å². The molecule has 0 aromatic carbocycles. The molecular weight excluding hydrogens is 390 g/mol. The summed E-state index contributed by atoms with van der Waals surface area (Å²) in [6, 6.07) is 1.90. The van der Waals surface area contributed by atoms with Crippen LogP contribution in [0.3, 0.4) is 0 Å². The number of carbonyl (C=O) groups excluding carboxylic acids is 1. The van der Waals surface area contributed by atoms with E-state index in [1.54, 1.807) is 6.20 Å². The summed E-state index contributed by atoms with van der Waals surface area (Å²) in [5.41, 5.74) is -0.162. The quantitative estimate of drug-likeness (QED) is 0.707. The van der Waals surface area contributed by atoms with Crippen LogP contribution < -0.4 is 4.90 Å². The molecular formula is C21H26ClN5O2. The van der Waals surface area contributed by atoms with Crippen LogP contribution >= 0.6 is 11.6 Å². The van der Waals surface area contributed by atoms with Crippen molar-refractivity contribution in [1.82, 2.24) is 14.9 Å². The number of rotatable bonds is 3. The summed E-state index contributed by atoms with van der Waals surface area (Å²) in [6.45, 7) is 3.45. The van der Waals surface area contributed by atoms with Gasteiger partial charge in [-0.25, -0.2) is 9.97 Å². The van der Waals surface area contributed by atoms with E-state index in [4.69, 9.17) is 16.3 Å². The van der Waals surface area contributed by atoms with Gasteiger partial charge in [0.05, 0.1) is 18.2 Å². The molecule has 0 N–H and O–H groups in total. The van der Waals surface area contributed by atoms with E-state index in [0.717, 1.165) is 57.7 Å². The van der Waals surface area contributed by atoms with Crippen molar-refractivity contribution in [3.63, 3.8) is 0 Å². The first kappa shape index (κ1) is 19.0. The Balaban J connectivity index is 1.21. The van der Waals surface area contributed by atoms with Crippen molar-refractivity contribution in [1.29, 1.82) is 0 Å². The number of piperidine rings is 1. The van der Waals surface area contributed by atoms with Crippen molar-refractivity contribution in [2.45, 2.75) is 43.8 Å². The molecule has 2 saturated heterocycles. The Morgan fingerprint density at radius 3 is 2.93 bits per heavy atom. The smallest absolute Gasteiger partial charge is 0.224 e. The lowest BCUT2D eigenvalue weighted by atomic mass is 9.75. The summed E-state index contributed by atoms with van der Waals surface area (Å²) in [5.74, 6) is 1.69. The molecule has 5 rings (SSSR count). The second kappa shape index (κ2) is 7.69. The molecule has 4 heterocycles. The average Bonchev–Trinajstić information content (AvgIpc) is 3.08. The lowest BCUT2D eigenvalue weighted by Crippen LogP contribution is -2.45. The SMILES string of the molecule is O=C1CC(CN2C=CN=CC2)CC2OC3(CCN(c4ccnc(Cl)n4)CC3)CC12. The first-order valence-corrected chi connectivity index (χ1v) is 10.8. The minimum atomic E-state index is -0.162. The number of anilines is 1. The van der Waals surface area contributed by atoms with E-state index in [2.05, 4.69) is 24.8 Å². The Hall–Kier alpha value is -1.99. The van der Waals surface area contributed by atoms with Gasteiger partial charge < -0.3 is 14.5 Å². The minimum Gasteiger partial charge on any atom is -0.371 e. The van der Waals surface area contributed by atoms with Gasteiger partial charge in [-0.1, -0.05) is 0 Å². The number of ketones is 1. The van der Waals surface area contributed by atoms with Crippen LogP contribution in [0.25, 0.3) is 0 Å². The Labute approximate surface area is 175 Å². The third-order valence-corrected chi connectivity index (χ3v) is 6.98. The van der Waals surface area contributed by atoms with Crippen molar-refractivity contribution in [2.24, 2.45) is 16.8 Å². The number of Topliss-reactive ketones (excluding diaryl/α,β-unsaturated/α-hetero) is 1. The molecule has 3 fully saturated rings. The maximum Gasteiger partial charge on any atom is 0.224 e. The summed E-state index contributed by atoms with van der Waals surface area (Å²) in [5, 5.41) is 0.275. The van der Waals surface area contributed by atoms with E-state index >= 15 is 0 Å². The number of nitrogens with zero attached hydrogens (tertiary/aromatic N) is 5. The van der Waals surface area contributed by atoms with Gasteiger partial charge in [-0.15, -0.1) is 0 Å². The Kier molecular flexibility index (Phi) is 5.04. The van der Waals surface area contributed by atoms with Gasteiger partial charge in [-0.2, -0.15) is 0 Å². The topological polar surface area (TPSA) is 70.9 Å². The average molecular weight is 416 g/mol. The molecule has 1 aliphatic carbocycles. The van der Waals surface area contributed by atoms with Gasteiger partial charge in [0.1, 0.15) is 11.6 Å². The molecule has 3 unspecified atom stereocenters. The molecule has 29 heavy (non-hydrogen) atoms. The van der Waals surface area contributed by atoms with Gasteiger partial charge in [-0.05, 0) is 49.3 Å². The van der Waals surface area contributed by atoms with Crippen molar-refractivity contribution < 1.29 is 9.53 Å². The molecule has 3 atom stereocenters. The summed E-state index contributed by atoms with van der Waals surface area (Å²) in [7, 11) is 0. The normalized spacial score (nSPS) is 30.8. The van der Waals surface area contributed by atoms with Crippen LogP contribution in [0.2, 0.25) is 5.28 Å². The second-order valence-electron chi connectivity index (χ2n) is 8.68. The van der Waals surface area contributed by atoms with Crippen molar-refractivity contribution in [3.05, 3.63) is 29.9 Å². The maximum atomic E-state index is 12.9. The van der Waals surface area contributed by atoms with E-state index in [9.17, 15) is 4.79 Å². The number of halogens is 1. The Bertz CT molecular complexity index is 836. The molecule has 3 aliphatic heterocycles. The van der Waals surface area contributed by atoms with Crippen molar-refractivity contribution in [3.8, 4) is 0 Å². The molecule has 154 valence electrons. The zero-order valence-electron chi connectivity index (χ0n) is 16.4. The van der Waals surface area contributed by atoms with Crippen LogP contribution in [0.15, 0.2) is 29.7 Å². The molecule has 4 aliphatic rings. The summed E-state index contributed by atoms with van der Waals surface area (Å²) < 4.78 is 6.62. The fourth-order valence-corrected chi connectivity index (χ4v) is 5.49. The van der Waals surface area contributed by atoms with Gasteiger partial charge in [0.15, 0.2) is 0 Å². The summed E-state index contributed by atoms with van der Waals surface area (Å²) in [6.07, 6.45) is 11.9. The third kappa shape index (κ3) is 3.90. The largest absolute Gasteiger partial charge is 0.371 e. The molecule has 0 radical (unpaired) electrons. The fourth-order valence-electron chi connectivity index (χ4n) is 5.35. The summed E-state index contributed by atoms with van der Waals surface area (Å²) >= 11 is 5.94. The van der Waals surface area contributed by atoms with E-state index < -0.39 is 0 Å². The van der Waals surface area contributed by atoms with E-state index in [1.165, 1.54) is 0 Å². The molecule has 8 heteroatoms. The van der Waals surface area contributed by atoms with Crippen LogP contribution in [0.5, 0.6) is 0 Å². The lowest BCUT2D eigenvalue weighted by molar-refractivity contribution is -0.131. The zero-order chi connectivity index (χ0) is 19.8. The second-order valence-corrected chi connectivity index (χ2v) is 9.01. The first-order valence-electron chi connectivity index (χ1n) is 10.5. The Morgan fingerprint density at radius 1 is 1.31 bits per heavy atom. The molecule has 0 amide bonds. The standard InChI is InChI=1S/C21H26ClN5O2/c22-20-24-4-1-19(25-20)27-7-2-21(3-8-27)13-16-17(28)11-15(12-18(16)29-21)14-26-9-5-23-6-10-26/h1,4-6,9,15-16,18H,2-3,7-8,10-14H2. The lowest BCUT2D eigenvalue weighted by Gasteiger charge is -2.39. The number of aliphatic imine (C=N–C) groups is 1. The van der Waals surface area contributed by atoms with Crippen LogP contribution in [-0.2, 0) is 9.53 Å². The summed E-state index contributed by atoms with van der Waals surface area (Å²) in [4.78, 5) is 29.8. The molecule has 1 saturated carbocycles. The van der Waals surface area contributed by atoms with Crippen LogP contribution in [-0.4, -0.2) is 64.7 Å². The van der Waals surface area contributed by atoms with Gasteiger partial charge in [0.25, 0.3) is 0 Å². The minimum absolute atomic E-state index is 0.0729. The van der Waals surface area contributed by atoms with Crippen LogP contribution in [0.1, 0.15) is 32.1 Å². The van der Waals surface area contributed by atoms with Gasteiger partial charge in [0.2, 0.25) is 5.28 Å². The predicted molar refractivity (Wildman–Crippen MR) is 111 cm³/mol. The van der Waals surface area contributed by atoms with E-state index in [0.29, 0.717) is 18.1 Å². The highest BCUT2D eigenvalue weighted by atomic mass is 35.5. The molecule has 1 aromatic heterocycles. The molecule has 0 bridgehead atoms. The molecule has 1 aromatic rings. The molecule has 7 nitrogen and oxygen atoms in total. The van der Waals surface area contributed by atoms with Crippen LogP contribution in [0, 0.1) is 11.8 Å². The fraction of sp³-hybridized carbons (Fsp3) is 0.619. The number of hydrogen-bond donors (Lipinski definition) is 0. The first-order chi connectivity index (χ1) is 14.1. The number of hydrogen-bond acceptors (Lipinski definition) is 7. The van der Waals surface area contributed by atoms with Gasteiger partial charge in [-0.3, -0.25) is 9.79 Å². The monoisotopic (exact) mass is 415 g/mol. The third-order valence-electron chi connectivity index (χ3n) is 6.80. The van der Waals surface area contributed by atoms with Crippen LogP contribution in [0.4, 0.5) is 5.82 Å². The van der Waals surface area contributed by atoms with E-state index in [-0.39, 0.29) is 22.9 Å². The predicted octanol–water partition coefficient (Wildman–Crippen LogP) is 2.71. The van der Waals surface area contributed by atoms with Crippen molar-refractivity contribution in [2.75, 3.05) is 31.1 Å². The van der Waals surface area contributed by atoms with Gasteiger partial charge in [0, 0.05) is 56.8 Å². The van der Waals surface area contributed by atoms with E-state index in [1.807, 2.05) is 24.7 Å². The number of aromatic nitrogens is 2. The Morgan fingerprint density at radius 2 is 2.17 bits per heavy atom. The molecule has 1 spiro atoms. The maximum absolute atomic E-state index is 12.9. The zero-order valence-corrected chi connectivity index (χ0v) is 17.2.